The Morgan fingerprint density at radius 3 is 2.60 bits per heavy atom. The van der Waals surface area contributed by atoms with Crippen LogP contribution in [0.5, 0.6) is 0 Å². The van der Waals surface area contributed by atoms with Crippen molar-refractivity contribution in [2.45, 2.75) is 52.0 Å². The van der Waals surface area contributed by atoms with Gasteiger partial charge in [-0.3, -0.25) is 5.10 Å². The molecule has 1 aliphatic rings. The lowest BCUT2D eigenvalue weighted by atomic mass is 9.83. The van der Waals surface area contributed by atoms with E-state index in [1.807, 2.05) is 0 Å². The fourth-order valence-corrected chi connectivity index (χ4v) is 2.56. The minimum Gasteiger partial charge on any atom is -0.309 e. The molecule has 0 aromatic carbocycles. The van der Waals surface area contributed by atoms with Crippen molar-refractivity contribution in [2.24, 2.45) is 0 Å². The Morgan fingerprint density at radius 2 is 2.07 bits per heavy atom. The Hall–Kier alpha value is -0.830. The Labute approximate surface area is 91.7 Å². The highest BCUT2D eigenvalue weighted by atomic mass is 15.1. The SMILES string of the molecule is Cc1[nH]nc(C2CCCN2)c1C(C)(C)C. The van der Waals surface area contributed by atoms with Gasteiger partial charge in [0.2, 0.25) is 0 Å². The van der Waals surface area contributed by atoms with Crippen LogP contribution in [0.4, 0.5) is 0 Å². The number of nitrogens with zero attached hydrogens (tertiary/aromatic N) is 1. The van der Waals surface area contributed by atoms with Crippen LogP contribution in [0.25, 0.3) is 0 Å². The predicted molar refractivity (Wildman–Crippen MR) is 62.0 cm³/mol. The summed E-state index contributed by atoms with van der Waals surface area (Å²) in [5.74, 6) is 0. The van der Waals surface area contributed by atoms with Crippen molar-refractivity contribution in [2.75, 3.05) is 6.54 Å². The molecule has 3 nitrogen and oxygen atoms in total. The van der Waals surface area contributed by atoms with Gasteiger partial charge in [0, 0.05) is 11.3 Å². The van der Waals surface area contributed by atoms with Gasteiger partial charge in [0.1, 0.15) is 0 Å². The summed E-state index contributed by atoms with van der Waals surface area (Å²) in [5.41, 5.74) is 4.02. The molecule has 1 unspecified atom stereocenters. The van der Waals surface area contributed by atoms with E-state index < -0.39 is 0 Å². The molecule has 1 aliphatic heterocycles. The molecule has 0 amide bonds. The molecule has 0 aliphatic carbocycles. The lowest BCUT2D eigenvalue weighted by Crippen LogP contribution is -2.20. The molecule has 0 saturated carbocycles. The first-order valence-corrected chi connectivity index (χ1v) is 5.79. The van der Waals surface area contributed by atoms with E-state index in [-0.39, 0.29) is 5.41 Å². The van der Waals surface area contributed by atoms with Gasteiger partial charge >= 0.3 is 0 Å². The Morgan fingerprint density at radius 1 is 1.33 bits per heavy atom. The molecular formula is C12H21N3. The second-order valence-corrected chi connectivity index (χ2v) is 5.51. The Balaban J connectivity index is 2.39. The first-order valence-electron chi connectivity index (χ1n) is 5.79. The zero-order valence-corrected chi connectivity index (χ0v) is 10.1. The normalized spacial score (nSPS) is 22.3. The van der Waals surface area contributed by atoms with Crippen LogP contribution in [0.3, 0.4) is 0 Å². The third-order valence-electron chi connectivity index (χ3n) is 3.12. The van der Waals surface area contributed by atoms with Crippen molar-refractivity contribution in [3.8, 4) is 0 Å². The van der Waals surface area contributed by atoms with Gasteiger partial charge in [-0.25, -0.2) is 0 Å². The van der Waals surface area contributed by atoms with E-state index in [1.165, 1.54) is 29.8 Å². The second-order valence-electron chi connectivity index (χ2n) is 5.51. The molecule has 1 aromatic rings. The average molecular weight is 207 g/mol. The maximum absolute atomic E-state index is 4.48. The van der Waals surface area contributed by atoms with Gasteiger partial charge in [-0.15, -0.1) is 0 Å². The standard InChI is InChI=1S/C12H21N3/c1-8-10(12(2,3)4)11(15-14-8)9-6-5-7-13-9/h9,13H,5-7H2,1-4H3,(H,14,15). The van der Waals surface area contributed by atoms with Crippen LogP contribution in [0, 0.1) is 6.92 Å². The lowest BCUT2D eigenvalue weighted by Gasteiger charge is -2.22. The molecule has 84 valence electrons. The molecule has 1 saturated heterocycles. The number of aryl methyl sites for hydroxylation is 1. The van der Waals surface area contributed by atoms with E-state index in [0.29, 0.717) is 6.04 Å². The van der Waals surface area contributed by atoms with E-state index in [9.17, 15) is 0 Å². The minimum atomic E-state index is 0.177. The van der Waals surface area contributed by atoms with Crippen LogP contribution in [-0.2, 0) is 5.41 Å². The van der Waals surface area contributed by atoms with E-state index in [0.717, 1.165) is 6.54 Å². The van der Waals surface area contributed by atoms with E-state index in [2.05, 4.69) is 43.2 Å². The van der Waals surface area contributed by atoms with E-state index in [4.69, 9.17) is 0 Å². The lowest BCUT2D eigenvalue weighted by molar-refractivity contribution is 0.550. The summed E-state index contributed by atoms with van der Waals surface area (Å²) in [7, 11) is 0. The quantitative estimate of drug-likeness (QED) is 0.742. The van der Waals surface area contributed by atoms with Crippen molar-refractivity contribution >= 4 is 0 Å². The van der Waals surface area contributed by atoms with Gasteiger partial charge in [0.25, 0.3) is 0 Å². The molecular weight excluding hydrogens is 186 g/mol. The number of aromatic nitrogens is 2. The Bertz CT molecular complexity index is 340. The van der Waals surface area contributed by atoms with Crippen molar-refractivity contribution in [3.63, 3.8) is 0 Å². The van der Waals surface area contributed by atoms with Crippen LogP contribution in [-0.4, -0.2) is 16.7 Å². The molecule has 2 heterocycles. The van der Waals surface area contributed by atoms with E-state index >= 15 is 0 Å². The van der Waals surface area contributed by atoms with Crippen molar-refractivity contribution in [3.05, 3.63) is 17.0 Å². The van der Waals surface area contributed by atoms with Crippen LogP contribution in [0.1, 0.15) is 56.6 Å². The minimum absolute atomic E-state index is 0.177. The molecule has 15 heavy (non-hydrogen) atoms. The average Bonchev–Trinajstić information content (AvgIpc) is 2.68. The monoisotopic (exact) mass is 207 g/mol. The molecule has 2 N–H and O–H groups in total. The number of H-pyrrole nitrogens is 1. The summed E-state index contributed by atoms with van der Waals surface area (Å²) in [6.45, 7) is 10.0. The molecule has 1 atom stereocenters. The van der Waals surface area contributed by atoms with Crippen LogP contribution < -0.4 is 5.32 Å². The molecule has 0 spiro atoms. The first-order chi connectivity index (χ1) is 7.00. The highest BCUT2D eigenvalue weighted by Crippen LogP contribution is 2.33. The maximum Gasteiger partial charge on any atom is 0.0831 e. The topological polar surface area (TPSA) is 40.7 Å². The van der Waals surface area contributed by atoms with Crippen molar-refractivity contribution in [1.29, 1.82) is 0 Å². The van der Waals surface area contributed by atoms with E-state index in [1.54, 1.807) is 0 Å². The molecule has 1 aromatic heterocycles. The van der Waals surface area contributed by atoms with Crippen molar-refractivity contribution < 1.29 is 0 Å². The largest absolute Gasteiger partial charge is 0.309 e. The number of hydrogen-bond acceptors (Lipinski definition) is 2. The number of aromatic amines is 1. The highest BCUT2D eigenvalue weighted by Gasteiger charge is 2.29. The predicted octanol–water partition coefficient (Wildman–Crippen LogP) is 2.44. The third-order valence-corrected chi connectivity index (χ3v) is 3.12. The van der Waals surface area contributed by atoms with Gasteiger partial charge in [0.05, 0.1) is 11.7 Å². The Kier molecular flexibility index (Phi) is 2.59. The molecule has 1 fully saturated rings. The zero-order valence-electron chi connectivity index (χ0n) is 10.1. The summed E-state index contributed by atoms with van der Waals surface area (Å²) in [6, 6.07) is 0.462. The summed E-state index contributed by atoms with van der Waals surface area (Å²) >= 11 is 0. The van der Waals surface area contributed by atoms with Gasteiger partial charge in [0.15, 0.2) is 0 Å². The fraction of sp³-hybridized carbons (Fsp3) is 0.750. The maximum atomic E-state index is 4.48. The number of hydrogen-bond donors (Lipinski definition) is 2. The van der Waals surface area contributed by atoms with Crippen molar-refractivity contribution in [1.82, 2.24) is 15.5 Å². The first kappa shape index (κ1) is 10.7. The third kappa shape index (κ3) is 1.93. The summed E-state index contributed by atoms with van der Waals surface area (Å²) in [5, 5.41) is 11.1. The molecule has 0 radical (unpaired) electrons. The fourth-order valence-electron chi connectivity index (χ4n) is 2.56. The molecule has 0 bridgehead atoms. The second kappa shape index (κ2) is 3.63. The van der Waals surface area contributed by atoms with Gasteiger partial charge in [-0.1, -0.05) is 20.8 Å². The highest BCUT2D eigenvalue weighted by molar-refractivity contribution is 5.33. The summed E-state index contributed by atoms with van der Waals surface area (Å²) in [6.07, 6.45) is 2.48. The summed E-state index contributed by atoms with van der Waals surface area (Å²) in [4.78, 5) is 0. The molecule has 3 heteroatoms. The van der Waals surface area contributed by atoms with Gasteiger partial charge in [-0.2, -0.15) is 5.10 Å². The summed E-state index contributed by atoms with van der Waals surface area (Å²) < 4.78 is 0. The van der Waals surface area contributed by atoms with Crippen LogP contribution in [0.15, 0.2) is 0 Å². The smallest absolute Gasteiger partial charge is 0.0831 e. The zero-order chi connectivity index (χ0) is 11.1. The number of rotatable bonds is 1. The van der Waals surface area contributed by atoms with Crippen LogP contribution in [0.2, 0.25) is 0 Å². The van der Waals surface area contributed by atoms with Gasteiger partial charge < -0.3 is 5.32 Å². The van der Waals surface area contributed by atoms with Gasteiger partial charge in [-0.05, 0) is 31.7 Å². The molecule has 2 rings (SSSR count). The van der Waals surface area contributed by atoms with Crippen LogP contribution >= 0.6 is 0 Å². The number of nitrogens with one attached hydrogen (secondary N) is 2.